The number of esters is 3. The molecule has 1 atom stereocenters. The van der Waals surface area contributed by atoms with Crippen LogP contribution in [0.4, 0.5) is 0 Å². The highest BCUT2D eigenvalue weighted by Crippen LogP contribution is 2.16. The van der Waals surface area contributed by atoms with Gasteiger partial charge < -0.3 is 14.2 Å². The van der Waals surface area contributed by atoms with E-state index in [4.69, 9.17) is 14.2 Å². The van der Waals surface area contributed by atoms with Gasteiger partial charge in [-0.25, -0.2) is 0 Å². The molecule has 0 rings (SSSR count). The molecule has 0 saturated carbocycles. The van der Waals surface area contributed by atoms with Crippen molar-refractivity contribution in [3.05, 3.63) is 97.2 Å². The van der Waals surface area contributed by atoms with E-state index in [1.165, 1.54) is 141 Å². The fraction of sp³-hybridized carbons (Fsp3) is 0.725. The Bertz CT molecular complexity index is 1480. The number of ether oxygens (including phenoxy) is 3. The minimum atomic E-state index is -0.784. The summed E-state index contributed by atoms with van der Waals surface area (Å²) < 4.78 is 16.9. The molecular weight excluding hydrogens is 925 g/mol. The normalized spacial score (nSPS) is 12.7. The fourth-order valence-electron chi connectivity index (χ4n) is 8.84. The van der Waals surface area contributed by atoms with Crippen molar-refractivity contribution in [2.24, 2.45) is 0 Å². The molecule has 0 fully saturated rings. The van der Waals surface area contributed by atoms with Crippen molar-refractivity contribution in [3.8, 4) is 0 Å². The van der Waals surface area contributed by atoms with Gasteiger partial charge in [0.05, 0.1) is 0 Å². The zero-order valence-electron chi connectivity index (χ0n) is 49.3. The second kappa shape index (κ2) is 62.9. The summed E-state index contributed by atoms with van der Waals surface area (Å²) in [6.07, 6.45) is 84.1. The lowest BCUT2D eigenvalue weighted by Crippen LogP contribution is -2.30. The molecule has 0 aliphatic heterocycles. The van der Waals surface area contributed by atoms with Crippen LogP contribution in [-0.4, -0.2) is 37.2 Å². The molecule has 6 heteroatoms. The first-order valence-corrected chi connectivity index (χ1v) is 31.7. The van der Waals surface area contributed by atoms with Crippen LogP contribution >= 0.6 is 0 Å². The van der Waals surface area contributed by atoms with Crippen LogP contribution < -0.4 is 0 Å². The third kappa shape index (κ3) is 61.1. The van der Waals surface area contributed by atoms with E-state index in [1.807, 2.05) is 0 Å². The first kappa shape index (κ1) is 71.3. The van der Waals surface area contributed by atoms with Gasteiger partial charge in [-0.1, -0.05) is 285 Å². The average molecular weight is 1040 g/mol. The predicted octanol–water partition coefficient (Wildman–Crippen LogP) is 21.7. The van der Waals surface area contributed by atoms with E-state index in [2.05, 4.69) is 118 Å². The molecule has 0 heterocycles. The number of unbranched alkanes of at least 4 members (excludes halogenated alkanes) is 30. The van der Waals surface area contributed by atoms with Gasteiger partial charge in [-0.05, 0) is 96.3 Å². The van der Waals surface area contributed by atoms with Crippen molar-refractivity contribution >= 4 is 17.9 Å². The lowest BCUT2D eigenvalue weighted by Gasteiger charge is -2.18. The van der Waals surface area contributed by atoms with Crippen molar-refractivity contribution < 1.29 is 28.6 Å². The van der Waals surface area contributed by atoms with Crippen LogP contribution in [0.1, 0.15) is 303 Å². The monoisotopic (exact) mass is 1040 g/mol. The average Bonchev–Trinajstić information content (AvgIpc) is 3.41. The van der Waals surface area contributed by atoms with Crippen molar-refractivity contribution in [2.45, 2.75) is 309 Å². The van der Waals surface area contributed by atoms with E-state index in [-0.39, 0.29) is 31.1 Å². The molecule has 0 bridgehead atoms. The third-order valence-electron chi connectivity index (χ3n) is 13.6. The van der Waals surface area contributed by atoms with Crippen molar-refractivity contribution in [1.82, 2.24) is 0 Å². The van der Waals surface area contributed by atoms with E-state index >= 15 is 0 Å². The molecule has 0 spiro atoms. The molecule has 75 heavy (non-hydrogen) atoms. The number of hydrogen-bond acceptors (Lipinski definition) is 6. The second-order valence-corrected chi connectivity index (χ2v) is 20.9. The smallest absolute Gasteiger partial charge is 0.306 e. The maximum atomic E-state index is 12.9. The summed E-state index contributed by atoms with van der Waals surface area (Å²) in [7, 11) is 0. The van der Waals surface area contributed by atoms with E-state index < -0.39 is 6.10 Å². The summed E-state index contributed by atoms with van der Waals surface area (Å²) in [6.45, 7) is 6.47. The molecule has 430 valence electrons. The van der Waals surface area contributed by atoms with Gasteiger partial charge in [0, 0.05) is 19.3 Å². The summed E-state index contributed by atoms with van der Waals surface area (Å²) in [5.74, 6) is -0.890. The van der Waals surface area contributed by atoms with Crippen LogP contribution in [0.5, 0.6) is 0 Å². The first-order chi connectivity index (χ1) is 37.0. The number of allylic oxidation sites excluding steroid dienone is 16. The minimum Gasteiger partial charge on any atom is -0.462 e. The van der Waals surface area contributed by atoms with Crippen LogP contribution in [0.3, 0.4) is 0 Å². The molecule has 0 amide bonds. The van der Waals surface area contributed by atoms with E-state index in [9.17, 15) is 14.4 Å². The Kier molecular flexibility index (Phi) is 59.8. The summed E-state index contributed by atoms with van der Waals surface area (Å²) in [6, 6.07) is 0. The van der Waals surface area contributed by atoms with E-state index in [1.54, 1.807) is 0 Å². The molecule has 0 aliphatic rings. The maximum absolute atomic E-state index is 12.9. The van der Waals surface area contributed by atoms with Crippen molar-refractivity contribution in [1.29, 1.82) is 0 Å². The highest BCUT2D eigenvalue weighted by molar-refractivity contribution is 5.71. The second-order valence-electron chi connectivity index (χ2n) is 20.9. The van der Waals surface area contributed by atoms with Crippen LogP contribution in [0, 0.1) is 0 Å². The lowest BCUT2D eigenvalue weighted by atomic mass is 10.0. The minimum absolute atomic E-state index is 0.0818. The Balaban J connectivity index is 4.26. The largest absolute Gasteiger partial charge is 0.462 e. The molecule has 0 saturated heterocycles. The highest BCUT2D eigenvalue weighted by Gasteiger charge is 2.19. The van der Waals surface area contributed by atoms with Crippen LogP contribution in [0.25, 0.3) is 0 Å². The number of carbonyl (C=O) groups is 3. The highest BCUT2D eigenvalue weighted by atomic mass is 16.6. The number of rotatable bonds is 57. The third-order valence-corrected chi connectivity index (χ3v) is 13.6. The Morgan fingerprint density at radius 3 is 0.867 bits per heavy atom. The SMILES string of the molecule is CC/C=C\C/C=C\C/C=C\C/C=C\C/C=C\C/C=C\CCCCCCCCCCCCC(=O)OCC(COC(=O)CCCCCCC/C=C\C/C=C\CCC)OC(=O)CCCCCCCCCCCCCCCCC. The molecule has 0 N–H and O–H groups in total. The Morgan fingerprint density at radius 2 is 0.547 bits per heavy atom. The molecule has 0 aliphatic carbocycles. The van der Waals surface area contributed by atoms with Crippen LogP contribution in [0.15, 0.2) is 97.2 Å². The summed E-state index contributed by atoms with van der Waals surface area (Å²) in [5.41, 5.74) is 0. The van der Waals surface area contributed by atoms with Gasteiger partial charge in [0.25, 0.3) is 0 Å². The van der Waals surface area contributed by atoms with Crippen LogP contribution in [-0.2, 0) is 28.6 Å². The lowest BCUT2D eigenvalue weighted by molar-refractivity contribution is -0.167. The van der Waals surface area contributed by atoms with Gasteiger partial charge in [-0.2, -0.15) is 0 Å². The zero-order valence-corrected chi connectivity index (χ0v) is 49.3. The standard InChI is InChI=1S/C69H118O6/c1-4-7-10-13-16-19-22-25-27-28-29-30-31-32-33-34-35-36-37-38-39-40-42-44-47-50-53-56-59-62-68(71)74-65-66(64-73-67(70)61-58-55-52-49-46-43-24-21-18-15-12-9-6-3)75-69(72)63-60-57-54-51-48-45-41-26-23-20-17-14-11-8-5-2/h7,10,12,15-16,19,21,24-25,27,29-30,32-33,35-36,66H,4-6,8-9,11,13-14,17-18,20,22-23,26,28,31,34,37-65H2,1-3H3/b10-7-,15-12-,19-16-,24-21-,27-25-,30-29-,33-32-,36-35-. The number of hydrogen-bond donors (Lipinski definition) is 0. The maximum Gasteiger partial charge on any atom is 0.306 e. The molecule has 1 unspecified atom stereocenters. The summed E-state index contributed by atoms with van der Waals surface area (Å²) >= 11 is 0. The summed E-state index contributed by atoms with van der Waals surface area (Å²) in [5, 5.41) is 0. The molecule has 0 aromatic carbocycles. The molecule has 0 aromatic rings. The quantitative estimate of drug-likeness (QED) is 0.0261. The van der Waals surface area contributed by atoms with Crippen molar-refractivity contribution in [3.63, 3.8) is 0 Å². The van der Waals surface area contributed by atoms with Gasteiger partial charge in [0.2, 0.25) is 0 Å². The Morgan fingerprint density at radius 1 is 0.280 bits per heavy atom. The first-order valence-electron chi connectivity index (χ1n) is 31.7. The molecule has 0 radical (unpaired) electrons. The van der Waals surface area contributed by atoms with E-state index in [0.717, 1.165) is 122 Å². The van der Waals surface area contributed by atoms with Gasteiger partial charge in [0.1, 0.15) is 13.2 Å². The Labute approximate surface area is 464 Å². The van der Waals surface area contributed by atoms with Gasteiger partial charge in [0.15, 0.2) is 6.10 Å². The zero-order chi connectivity index (χ0) is 54.3. The topological polar surface area (TPSA) is 78.9 Å². The van der Waals surface area contributed by atoms with Crippen molar-refractivity contribution in [2.75, 3.05) is 13.2 Å². The van der Waals surface area contributed by atoms with E-state index in [0.29, 0.717) is 19.3 Å². The summed E-state index contributed by atoms with van der Waals surface area (Å²) in [4.78, 5) is 38.2. The molecule has 6 nitrogen and oxygen atoms in total. The predicted molar refractivity (Wildman–Crippen MR) is 325 cm³/mol. The molecule has 0 aromatic heterocycles. The Hall–Kier alpha value is -3.67. The van der Waals surface area contributed by atoms with Gasteiger partial charge in [-0.3, -0.25) is 14.4 Å². The van der Waals surface area contributed by atoms with Crippen LogP contribution in [0.2, 0.25) is 0 Å². The van der Waals surface area contributed by atoms with Gasteiger partial charge in [-0.15, -0.1) is 0 Å². The van der Waals surface area contributed by atoms with Gasteiger partial charge >= 0.3 is 17.9 Å². The molecular formula is C69H118O6. The fourth-order valence-corrected chi connectivity index (χ4v) is 8.84. The number of carbonyl (C=O) groups excluding carboxylic acids is 3.